The maximum atomic E-state index is 16.2. The lowest BCUT2D eigenvalue weighted by atomic mass is 9.59. The SMILES string of the molecule is O=C(O)c1cc(N2C(=O)C3C(C2=O)C2(c4ccccc4)C(=O)C3(c3ccccc3)C(c3ccc4c(c3)OCO4)=C2c2ccc3c(c2)OCO3)ccc1Cl. The number of imide groups is 1. The van der Waals surface area contributed by atoms with Gasteiger partial charge in [0.15, 0.2) is 28.8 Å². The number of carbonyl (C=O) groups is 4. The van der Waals surface area contributed by atoms with Gasteiger partial charge in [-0.15, -0.1) is 0 Å². The van der Waals surface area contributed by atoms with E-state index in [4.69, 9.17) is 30.5 Å². The maximum absolute atomic E-state index is 16.2. The van der Waals surface area contributed by atoms with E-state index in [1.807, 2.05) is 84.9 Å². The zero-order valence-electron chi connectivity index (χ0n) is 27.6. The summed E-state index contributed by atoms with van der Waals surface area (Å²) in [5.41, 5.74) is -0.265. The molecule has 2 fully saturated rings. The Balaban J connectivity index is 1.35. The average molecular weight is 724 g/mol. The normalized spacial score (nSPS) is 24.7. The highest BCUT2D eigenvalue weighted by atomic mass is 35.5. The molecule has 11 heteroatoms. The molecule has 0 aromatic heterocycles. The third kappa shape index (κ3) is 3.93. The van der Waals surface area contributed by atoms with E-state index in [1.165, 1.54) is 18.2 Å². The number of ether oxygens (including phenoxy) is 4. The number of fused-ring (bicyclic) bond motifs is 7. The molecule has 3 aliphatic heterocycles. The van der Waals surface area contributed by atoms with Crippen molar-refractivity contribution in [3.63, 3.8) is 0 Å². The molecule has 5 aliphatic rings. The van der Waals surface area contributed by atoms with E-state index in [0.717, 1.165) is 4.90 Å². The Kier molecular flexibility index (Phi) is 6.54. The number of Topliss-reactive ketones (excluding diaryl/α,β-unsaturated/α-hetero) is 1. The number of benzene rings is 5. The van der Waals surface area contributed by atoms with Crippen molar-refractivity contribution in [3.05, 3.63) is 148 Å². The molecule has 0 spiro atoms. The minimum atomic E-state index is -1.70. The number of carboxylic acid groups (broad SMARTS) is 1. The maximum Gasteiger partial charge on any atom is 0.337 e. The van der Waals surface area contributed by atoms with Gasteiger partial charge in [-0.25, -0.2) is 9.69 Å². The van der Waals surface area contributed by atoms with E-state index in [1.54, 1.807) is 12.1 Å². The monoisotopic (exact) mass is 723 g/mol. The summed E-state index contributed by atoms with van der Waals surface area (Å²) in [6.07, 6.45) is 0. The third-order valence-corrected chi connectivity index (χ3v) is 11.5. The van der Waals surface area contributed by atoms with Crippen LogP contribution in [0.5, 0.6) is 23.0 Å². The highest BCUT2D eigenvalue weighted by molar-refractivity contribution is 6.39. The zero-order chi connectivity index (χ0) is 36.2. The van der Waals surface area contributed by atoms with Crippen LogP contribution in [0, 0.1) is 11.8 Å². The number of allylic oxidation sites excluding steroid dienone is 2. The molecule has 53 heavy (non-hydrogen) atoms. The first-order chi connectivity index (χ1) is 25.8. The van der Waals surface area contributed by atoms with E-state index in [2.05, 4.69) is 0 Å². The van der Waals surface area contributed by atoms with Crippen LogP contribution in [0.15, 0.2) is 115 Å². The van der Waals surface area contributed by atoms with Gasteiger partial charge in [0.25, 0.3) is 0 Å². The second-order valence-corrected chi connectivity index (χ2v) is 13.9. The highest BCUT2D eigenvalue weighted by Crippen LogP contribution is 2.74. The molecular formula is C42H26ClNO9. The summed E-state index contributed by atoms with van der Waals surface area (Å²) in [4.78, 5) is 60.0. The Bertz CT molecular complexity index is 2360. The second kappa shape index (κ2) is 11.1. The van der Waals surface area contributed by atoms with Gasteiger partial charge < -0.3 is 24.1 Å². The Labute approximate surface area is 306 Å². The van der Waals surface area contributed by atoms with Gasteiger partial charge in [-0.05, 0) is 75.9 Å². The standard InChI is InChI=1S/C42H26ClNO9/c43-28-14-13-26(19-27(28)39(47)48)44-37(45)35-36(38(44)46)42(25-9-5-2-6-10-25)34(23-12-16-30-32(18-23)53-21-51-30)33(22-11-15-29-31(17-22)52-20-50-29)41(35,40(42)49)24-7-3-1-4-8-24/h1-19,35-36H,20-21H2,(H,47,48). The number of nitrogens with zero attached hydrogens (tertiary/aromatic N) is 1. The predicted molar refractivity (Wildman–Crippen MR) is 191 cm³/mol. The molecule has 0 radical (unpaired) electrons. The van der Waals surface area contributed by atoms with Crippen molar-refractivity contribution >= 4 is 52.0 Å². The molecule has 1 saturated heterocycles. The van der Waals surface area contributed by atoms with Crippen molar-refractivity contribution in [2.75, 3.05) is 18.5 Å². The quantitative estimate of drug-likeness (QED) is 0.191. The molecule has 10 nitrogen and oxygen atoms in total. The smallest absolute Gasteiger partial charge is 0.337 e. The molecule has 10 rings (SSSR count). The van der Waals surface area contributed by atoms with Crippen LogP contribution in [-0.4, -0.2) is 42.3 Å². The number of carboxylic acids is 1. The minimum absolute atomic E-state index is 0.0234. The van der Waals surface area contributed by atoms with Gasteiger partial charge in [0, 0.05) is 0 Å². The van der Waals surface area contributed by atoms with Gasteiger partial charge in [-0.3, -0.25) is 14.4 Å². The average Bonchev–Trinajstić information content (AvgIpc) is 3.99. The van der Waals surface area contributed by atoms with E-state index in [9.17, 15) is 9.90 Å². The minimum Gasteiger partial charge on any atom is -0.478 e. The summed E-state index contributed by atoms with van der Waals surface area (Å²) in [6.45, 7) is 0.0469. The van der Waals surface area contributed by atoms with Crippen LogP contribution in [0.25, 0.3) is 11.1 Å². The largest absolute Gasteiger partial charge is 0.478 e. The first-order valence-corrected chi connectivity index (χ1v) is 17.3. The first kappa shape index (κ1) is 31.4. The lowest BCUT2D eigenvalue weighted by Crippen LogP contribution is -2.45. The molecule has 5 aromatic rings. The van der Waals surface area contributed by atoms with Crippen molar-refractivity contribution < 1.29 is 43.2 Å². The van der Waals surface area contributed by atoms with Gasteiger partial charge in [0.2, 0.25) is 25.4 Å². The van der Waals surface area contributed by atoms with E-state index in [0.29, 0.717) is 56.4 Å². The summed E-state index contributed by atoms with van der Waals surface area (Å²) in [5, 5.41) is 9.88. The molecule has 5 aromatic carbocycles. The predicted octanol–water partition coefficient (Wildman–Crippen LogP) is 6.68. The third-order valence-electron chi connectivity index (χ3n) is 11.2. The van der Waals surface area contributed by atoms with E-state index in [-0.39, 0.29) is 35.6 Å². The number of hydrogen-bond donors (Lipinski definition) is 1. The lowest BCUT2D eigenvalue weighted by Gasteiger charge is -2.39. The highest BCUT2D eigenvalue weighted by Gasteiger charge is 2.82. The summed E-state index contributed by atoms with van der Waals surface area (Å²) in [6, 6.07) is 33.0. The van der Waals surface area contributed by atoms with Gasteiger partial charge in [-0.1, -0.05) is 84.4 Å². The molecule has 4 unspecified atom stereocenters. The van der Waals surface area contributed by atoms with Crippen LogP contribution in [0.1, 0.15) is 32.6 Å². The molecule has 2 amide bonds. The van der Waals surface area contributed by atoms with Crippen LogP contribution in [-0.2, 0) is 25.2 Å². The Morgan fingerprint density at radius 3 is 1.57 bits per heavy atom. The fraction of sp³-hybridized carbons (Fsp3) is 0.143. The summed E-state index contributed by atoms with van der Waals surface area (Å²) in [5.74, 6) is -3.33. The second-order valence-electron chi connectivity index (χ2n) is 13.5. The number of carbonyl (C=O) groups excluding carboxylic acids is 3. The molecule has 4 atom stereocenters. The van der Waals surface area contributed by atoms with Crippen molar-refractivity contribution in [2.45, 2.75) is 10.8 Å². The van der Waals surface area contributed by atoms with Gasteiger partial charge in [-0.2, -0.15) is 0 Å². The number of halogens is 1. The lowest BCUT2D eigenvalue weighted by molar-refractivity contribution is -0.130. The van der Waals surface area contributed by atoms with E-state index >= 15 is 14.4 Å². The number of rotatable bonds is 6. The van der Waals surface area contributed by atoms with Gasteiger partial charge in [0.1, 0.15) is 0 Å². The van der Waals surface area contributed by atoms with Crippen LogP contribution in [0.4, 0.5) is 5.69 Å². The fourth-order valence-corrected chi connectivity index (χ4v) is 9.50. The number of ketones is 1. The number of amides is 2. The van der Waals surface area contributed by atoms with Crippen molar-refractivity contribution in [2.24, 2.45) is 11.8 Å². The fourth-order valence-electron chi connectivity index (χ4n) is 9.30. The number of anilines is 1. The molecule has 2 bridgehead atoms. The summed E-state index contributed by atoms with van der Waals surface area (Å²) < 4.78 is 23.0. The number of hydrogen-bond acceptors (Lipinski definition) is 8. The molecule has 2 aliphatic carbocycles. The Morgan fingerprint density at radius 1 is 0.623 bits per heavy atom. The van der Waals surface area contributed by atoms with Crippen LogP contribution >= 0.6 is 11.6 Å². The van der Waals surface area contributed by atoms with E-state index < -0.39 is 40.4 Å². The van der Waals surface area contributed by atoms with Crippen molar-refractivity contribution in [1.29, 1.82) is 0 Å². The first-order valence-electron chi connectivity index (χ1n) is 16.9. The van der Waals surface area contributed by atoms with Crippen LogP contribution in [0.3, 0.4) is 0 Å². The van der Waals surface area contributed by atoms with Crippen LogP contribution in [0.2, 0.25) is 5.02 Å². The number of aromatic carboxylic acids is 1. The molecular weight excluding hydrogens is 698 g/mol. The van der Waals surface area contributed by atoms with Crippen LogP contribution < -0.4 is 23.8 Å². The van der Waals surface area contributed by atoms with Crippen molar-refractivity contribution in [3.8, 4) is 23.0 Å². The molecule has 1 saturated carbocycles. The van der Waals surface area contributed by atoms with Gasteiger partial charge >= 0.3 is 5.97 Å². The van der Waals surface area contributed by atoms with Gasteiger partial charge in [0.05, 0.1) is 38.9 Å². The Hall–Kier alpha value is -6.39. The summed E-state index contributed by atoms with van der Waals surface area (Å²) in [7, 11) is 0. The summed E-state index contributed by atoms with van der Waals surface area (Å²) >= 11 is 6.24. The molecule has 1 N–H and O–H groups in total. The van der Waals surface area contributed by atoms with Crippen molar-refractivity contribution in [1.82, 2.24) is 0 Å². The molecule has 260 valence electrons. The zero-order valence-corrected chi connectivity index (χ0v) is 28.3. The topological polar surface area (TPSA) is 129 Å². The Morgan fingerprint density at radius 2 is 1.09 bits per heavy atom. The molecule has 3 heterocycles.